The number of fused-ring (bicyclic) bond motifs is 1. The summed E-state index contributed by atoms with van der Waals surface area (Å²) in [7, 11) is -4.07. The van der Waals surface area contributed by atoms with Crippen molar-refractivity contribution in [3.05, 3.63) is 179 Å². The first-order chi connectivity index (χ1) is 25.3. The van der Waals surface area contributed by atoms with Crippen LogP contribution in [-0.4, -0.2) is 20.9 Å². The van der Waals surface area contributed by atoms with Crippen LogP contribution in [0.1, 0.15) is 45.7 Å². The van der Waals surface area contributed by atoms with Gasteiger partial charge in [-0.25, -0.2) is 8.42 Å². The molecule has 0 spiro atoms. The van der Waals surface area contributed by atoms with Crippen molar-refractivity contribution in [1.29, 1.82) is 0 Å². The number of carbonyl (C=O) groups is 1. The van der Waals surface area contributed by atoms with Gasteiger partial charge in [-0.3, -0.25) is 14.4 Å². The Morgan fingerprint density at radius 2 is 1.37 bits per heavy atom. The Morgan fingerprint density at radius 3 is 2.06 bits per heavy atom. The zero-order valence-corrected chi connectivity index (χ0v) is 29.8. The number of carbonyl (C=O) groups excluding carboxylic acids is 1. The third-order valence-corrected chi connectivity index (χ3v) is 10.3. The van der Waals surface area contributed by atoms with E-state index in [-0.39, 0.29) is 16.4 Å². The van der Waals surface area contributed by atoms with Gasteiger partial charge in [-0.2, -0.15) is 0 Å². The maximum atomic E-state index is 14.9. The van der Waals surface area contributed by atoms with Crippen molar-refractivity contribution in [2.45, 2.75) is 38.1 Å². The molecular formula is C43H39N3O5S. The van der Waals surface area contributed by atoms with Gasteiger partial charge in [-0.15, -0.1) is 0 Å². The van der Waals surface area contributed by atoms with Crippen LogP contribution < -0.4 is 24.0 Å². The molecule has 1 heterocycles. The molecule has 6 aromatic rings. The molecule has 8 nitrogen and oxygen atoms in total. The summed E-state index contributed by atoms with van der Waals surface area (Å²) in [6.45, 7) is 5.16. The van der Waals surface area contributed by atoms with E-state index in [0.29, 0.717) is 48.3 Å². The predicted molar refractivity (Wildman–Crippen MR) is 205 cm³/mol. The molecule has 0 aromatic heterocycles. The third-order valence-electron chi connectivity index (χ3n) is 8.94. The predicted octanol–water partition coefficient (Wildman–Crippen LogP) is 9.14. The van der Waals surface area contributed by atoms with E-state index in [1.807, 2.05) is 123 Å². The van der Waals surface area contributed by atoms with Crippen molar-refractivity contribution in [1.82, 2.24) is 0 Å². The number of sulfonamides is 1. The molecule has 0 unspecified atom stereocenters. The maximum Gasteiger partial charge on any atom is 0.262 e. The summed E-state index contributed by atoms with van der Waals surface area (Å²) in [5.41, 5.74) is 5.81. The molecule has 1 aliphatic heterocycles. The van der Waals surface area contributed by atoms with E-state index in [1.165, 1.54) is 6.07 Å². The van der Waals surface area contributed by atoms with Crippen LogP contribution in [0.4, 0.5) is 17.1 Å². The number of amides is 1. The van der Waals surface area contributed by atoms with Crippen molar-refractivity contribution < 1.29 is 22.7 Å². The van der Waals surface area contributed by atoms with Crippen LogP contribution in [0.25, 0.3) is 0 Å². The highest BCUT2D eigenvalue weighted by Crippen LogP contribution is 2.45. The van der Waals surface area contributed by atoms with Gasteiger partial charge in [0.15, 0.2) is 0 Å². The molecule has 0 radical (unpaired) electrons. The number of hydrogen-bond donors (Lipinski definition) is 1. The van der Waals surface area contributed by atoms with E-state index in [9.17, 15) is 13.2 Å². The van der Waals surface area contributed by atoms with Crippen LogP contribution in [0, 0.1) is 6.92 Å². The van der Waals surface area contributed by atoms with E-state index < -0.39 is 16.2 Å². The Kier molecular flexibility index (Phi) is 9.95. The molecule has 1 amide bonds. The first kappa shape index (κ1) is 34.4. The molecule has 1 aliphatic rings. The Hall–Kier alpha value is -6.06. The van der Waals surface area contributed by atoms with Gasteiger partial charge in [0.2, 0.25) is 0 Å². The average Bonchev–Trinajstić information content (AvgIpc) is 3.17. The Morgan fingerprint density at radius 1 is 0.712 bits per heavy atom. The lowest BCUT2D eigenvalue weighted by atomic mass is 9.98. The zero-order chi connectivity index (χ0) is 36.1. The number of rotatable bonds is 12. The molecule has 1 atom stereocenters. The van der Waals surface area contributed by atoms with Gasteiger partial charge in [0.1, 0.15) is 24.3 Å². The minimum absolute atomic E-state index is 0.0259. The van der Waals surface area contributed by atoms with Crippen LogP contribution in [-0.2, 0) is 23.2 Å². The van der Waals surface area contributed by atoms with Crippen LogP contribution in [0.3, 0.4) is 0 Å². The summed E-state index contributed by atoms with van der Waals surface area (Å²) < 4.78 is 42.2. The lowest BCUT2D eigenvalue weighted by Gasteiger charge is -2.46. The topological polar surface area (TPSA) is 88.2 Å². The summed E-state index contributed by atoms with van der Waals surface area (Å²) in [4.78, 5) is 18.8. The third kappa shape index (κ3) is 7.36. The van der Waals surface area contributed by atoms with Gasteiger partial charge in [0.25, 0.3) is 15.9 Å². The highest BCUT2D eigenvalue weighted by molar-refractivity contribution is 7.92. The quantitative estimate of drug-likeness (QED) is 0.136. The van der Waals surface area contributed by atoms with Gasteiger partial charge in [-0.05, 0) is 85.6 Å². The first-order valence-corrected chi connectivity index (χ1v) is 18.7. The molecule has 0 saturated heterocycles. The Balaban J connectivity index is 1.35. The Labute approximate surface area is 304 Å². The van der Waals surface area contributed by atoms with Gasteiger partial charge >= 0.3 is 0 Å². The lowest BCUT2D eigenvalue weighted by Crippen LogP contribution is -2.49. The van der Waals surface area contributed by atoms with E-state index in [2.05, 4.69) is 9.62 Å². The monoisotopic (exact) mass is 709 g/mol. The normalized spacial score (nSPS) is 14.1. The van der Waals surface area contributed by atoms with Crippen LogP contribution >= 0.6 is 0 Å². The minimum atomic E-state index is -4.07. The second-order valence-corrected chi connectivity index (χ2v) is 14.2. The molecule has 0 bridgehead atoms. The molecule has 1 N–H and O–H groups in total. The van der Waals surface area contributed by atoms with Crippen molar-refractivity contribution >= 4 is 33.0 Å². The van der Waals surface area contributed by atoms with Gasteiger partial charge in [0.05, 0.1) is 22.8 Å². The molecule has 7 rings (SSSR count). The van der Waals surface area contributed by atoms with Crippen LogP contribution in [0.5, 0.6) is 11.5 Å². The Bertz CT molecular complexity index is 2260. The molecule has 262 valence electrons. The summed E-state index contributed by atoms with van der Waals surface area (Å²) in [5, 5.41) is 0. The van der Waals surface area contributed by atoms with Gasteiger partial charge in [-0.1, -0.05) is 96.6 Å². The summed E-state index contributed by atoms with van der Waals surface area (Å²) in [5.74, 6) is 0.951. The van der Waals surface area contributed by atoms with Gasteiger partial charge in [0, 0.05) is 23.5 Å². The first-order valence-electron chi connectivity index (χ1n) is 17.2. The summed E-state index contributed by atoms with van der Waals surface area (Å²) in [6, 6.07) is 47.0. The fourth-order valence-electron chi connectivity index (χ4n) is 6.40. The van der Waals surface area contributed by atoms with Crippen molar-refractivity contribution in [3.8, 4) is 11.5 Å². The number of nitrogens with zero attached hydrogens (tertiary/aromatic N) is 2. The summed E-state index contributed by atoms with van der Waals surface area (Å²) >= 11 is 0. The number of aryl methyl sites for hydroxylation is 1. The highest BCUT2D eigenvalue weighted by atomic mass is 32.2. The van der Waals surface area contributed by atoms with E-state index in [4.69, 9.17) is 9.47 Å². The molecule has 0 fully saturated rings. The smallest absolute Gasteiger partial charge is 0.262 e. The average molecular weight is 710 g/mol. The van der Waals surface area contributed by atoms with Crippen molar-refractivity contribution in [3.63, 3.8) is 0 Å². The minimum Gasteiger partial charge on any atom is -0.494 e. The second-order valence-electron chi connectivity index (χ2n) is 12.6. The maximum absolute atomic E-state index is 14.9. The van der Waals surface area contributed by atoms with Crippen LogP contribution in [0.2, 0.25) is 0 Å². The second kappa shape index (κ2) is 15.0. The number of nitrogens with one attached hydrogen (secondary N) is 1. The fourth-order valence-corrected chi connectivity index (χ4v) is 7.48. The number of hydrogen-bond acceptors (Lipinski definition) is 6. The zero-order valence-electron chi connectivity index (χ0n) is 29.0. The van der Waals surface area contributed by atoms with E-state index in [1.54, 1.807) is 41.3 Å². The van der Waals surface area contributed by atoms with Crippen molar-refractivity contribution in [2.75, 3.05) is 21.1 Å². The number of anilines is 3. The van der Waals surface area contributed by atoms with E-state index in [0.717, 1.165) is 22.3 Å². The molecule has 0 aliphatic carbocycles. The van der Waals surface area contributed by atoms with E-state index >= 15 is 0 Å². The number of para-hydroxylation sites is 1. The largest absolute Gasteiger partial charge is 0.494 e. The molecule has 52 heavy (non-hydrogen) atoms. The SMILES string of the molecule is CCOc1ccc(NS(=O)(=O)c2ccc3c(c2)C(=O)N(c2ccc(C)cc2)[C@H](c2ccccc2OCc2ccccc2)N3Cc2ccccc2)cc1. The van der Waals surface area contributed by atoms with Crippen molar-refractivity contribution in [2.24, 2.45) is 0 Å². The number of benzene rings is 6. The standard InChI is InChI=1S/C43H39N3O5S/c1-3-50-36-24-20-34(21-25-36)44-52(48,49)37-26-27-40-39(28-37)43(47)46(35-22-18-31(2)19-23-35)42(45(40)29-32-12-6-4-7-13-32)38-16-10-11-17-41(38)51-30-33-14-8-5-9-15-33/h4-28,42,44H,3,29-30H2,1-2H3/t42-/m1/s1. The highest BCUT2D eigenvalue weighted by Gasteiger charge is 2.41. The molecule has 6 aromatic carbocycles. The lowest BCUT2D eigenvalue weighted by molar-refractivity contribution is 0.0967. The molecule has 9 heteroatoms. The fraction of sp³-hybridized carbons (Fsp3) is 0.140. The van der Waals surface area contributed by atoms with Crippen LogP contribution in [0.15, 0.2) is 157 Å². The molecular weight excluding hydrogens is 671 g/mol. The van der Waals surface area contributed by atoms with Gasteiger partial charge < -0.3 is 14.4 Å². The number of ether oxygens (including phenoxy) is 2. The molecule has 0 saturated carbocycles. The summed E-state index contributed by atoms with van der Waals surface area (Å²) in [6.07, 6.45) is -0.640.